The molecule has 0 unspecified atom stereocenters. The molecule has 0 bridgehead atoms. The molecule has 0 spiro atoms. The Morgan fingerprint density at radius 1 is 1.12 bits per heavy atom. The highest BCUT2D eigenvalue weighted by Gasteiger charge is 2.30. The highest BCUT2D eigenvalue weighted by Crippen LogP contribution is 2.24. The van der Waals surface area contributed by atoms with Crippen molar-refractivity contribution < 1.29 is 12.8 Å². The van der Waals surface area contributed by atoms with Gasteiger partial charge in [-0.05, 0) is 55.2 Å². The van der Waals surface area contributed by atoms with Gasteiger partial charge in [-0.3, -0.25) is 0 Å². The molecule has 2 fully saturated rings. The zero-order valence-corrected chi connectivity index (χ0v) is 16.7. The van der Waals surface area contributed by atoms with Gasteiger partial charge in [-0.2, -0.15) is 4.31 Å². The van der Waals surface area contributed by atoms with E-state index in [2.05, 4.69) is 12.2 Å². The van der Waals surface area contributed by atoms with E-state index in [9.17, 15) is 12.8 Å². The smallest absolute Gasteiger partial charge is 0.243 e. The molecular formula is C18H26FN3O2S2. The summed E-state index contributed by atoms with van der Waals surface area (Å²) in [7, 11) is -3.59. The van der Waals surface area contributed by atoms with Crippen molar-refractivity contribution in [1.29, 1.82) is 0 Å². The maximum atomic E-state index is 13.0. The number of nitrogens with one attached hydrogen (secondary N) is 1. The normalized spacial score (nSPS) is 25.1. The van der Waals surface area contributed by atoms with Gasteiger partial charge in [0.25, 0.3) is 0 Å². The summed E-state index contributed by atoms with van der Waals surface area (Å²) in [5, 5.41) is 4.20. The lowest BCUT2D eigenvalue weighted by Crippen LogP contribution is -2.55. The minimum Gasteiger partial charge on any atom is -0.360 e. The second-order valence-corrected chi connectivity index (χ2v) is 9.49. The minimum atomic E-state index is -3.59. The number of hydrogen-bond acceptors (Lipinski definition) is 3. The molecular weight excluding hydrogens is 373 g/mol. The molecule has 0 aromatic heterocycles. The second-order valence-electron chi connectivity index (χ2n) is 7.16. The Balaban J connectivity index is 1.56. The molecule has 1 N–H and O–H groups in total. The van der Waals surface area contributed by atoms with E-state index in [1.54, 1.807) is 0 Å². The van der Waals surface area contributed by atoms with Crippen molar-refractivity contribution in [3.05, 3.63) is 30.1 Å². The van der Waals surface area contributed by atoms with Crippen LogP contribution in [0.4, 0.5) is 4.39 Å². The molecule has 1 aromatic rings. The van der Waals surface area contributed by atoms with Crippen LogP contribution < -0.4 is 5.32 Å². The molecule has 1 heterocycles. The van der Waals surface area contributed by atoms with Gasteiger partial charge in [0.1, 0.15) is 5.82 Å². The second kappa shape index (κ2) is 8.19. The van der Waals surface area contributed by atoms with E-state index in [0.29, 0.717) is 38.1 Å². The molecule has 1 aliphatic carbocycles. The van der Waals surface area contributed by atoms with Crippen LogP contribution in [0.15, 0.2) is 29.2 Å². The average molecular weight is 400 g/mol. The lowest BCUT2D eigenvalue weighted by atomic mass is 9.86. The third-order valence-electron chi connectivity index (χ3n) is 5.40. The van der Waals surface area contributed by atoms with E-state index in [1.807, 2.05) is 4.90 Å². The summed E-state index contributed by atoms with van der Waals surface area (Å²) in [5.41, 5.74) is 0. The fraction of sp³-hybridized carbons (Fsp3) is 0.611. The molecule has 1 saturated carbocycles. The molecule has 0 radical (unpaired) electrons. The Hall–Kier alpha value is -1.25. The van der Waals surface area contributed by atoms with Crippen LogP contribution in [0.2, 0.25) is 0 Å². The number of sulfonamides is 1. The maximum Gasteiger partial charge on any atom is 0.243 e. The summed E-state index contributed by atoms with van der Waals surface area (Å²) in [6.07, 6.45) is 4.88. The first-order valence-electron chi connectivity index (χ1n) is 9.19. The third-order valence-corrected chi connectivity index (χ3v) is 7.69. The average Bonchev–Trinajstić information content (AvgIpc) is 2.64. The summed E-state index contributed by atoms with van der Waals surface area (Å²) in [6.45, 7) is 4.14. The molecule has 2 atom stereocenters. The Labute approximate surface area is 160 Å². The van der Waals surface area contributed by atoms with Gasteiger partial charge in [0, 0.05) is 32.2 Å². The van der Waals surface area contributed by atoms with Crippen LogP contribution in [-0.4, -0.2) is 55.0 Å². The predicted octanol–water partition coefficient (Wildman–Crippen LogP) is 2.59. The van der Waals surface area contributed by atoms with E-state index in [-0.39, 0.29) is 4.90 Å². The van der Waals surface area contributed by atoms with Crippen molar-refractivity contribution in [3.8, 4) is 0 Å². The van der Waals surface area contributed by atoms with Crippen LogP contribution in [-0.2, 0) is 10.0 Å². The van der Waals surface area contributed by atoms with Gasteiger partial charge in [0.15, 0.2) is 5.11 Å². The molecule has 8 heteroatoms. The minimum absolute atomic E-state index is 0.129. The quantitative estimate of drug-likeness (QED) is 0.792. The topological polar surface area (TPSA) is 52.6 Å². The number of rotatable bonds is 3. The van der Waals surface area contributed by atoms with Crippen molar-refractivity contribution >= 4 is 27.4 Å². The standard InChI is InChI=1S/C18H26FN3O2S2/c1-14-4-2-3-5-17(14)20-18(25)21-10-12-22(13-11-21)26(23,24)16-8-6-15(19)7-9-16/h6-9,14,17H,2-5,10-13H2,1H3,(H,20,25)/t14-,17+/m1/s1. The van der Waals surface area contributed by atoms with E-state index < -0.39 is 15.8 Å². The maximum absolute atomic E-state index is 13.0. The zero-order valence-electron chi connectivity index (χ0n) is 15.0. The highest BCUT2D eigenvalue weighted by molar-refractivity contribution is 7.89. The van der Waals surface area contributed by atoms with Gasteiger partial charge >= 0.3 is 0 Å². The Morgan fingerprint density at radius 3 is 2.35 bits per heavy atom. The van der Waals surface area contributed by atoms with Crippen LogP contribution in [0.5, 0.6) is 0 Å². The fourth-order valence-corrected chi connectivity index (χ4v) is 5.42. The fourth-order valence-electron chi connectivity index (χ4n) is 3.67. The first-order chi connectivity index (χ1) is 12.4. The first kappa shape index (κ1) is 19.5. The van der Waals surface area contributed by atoms with E-state index in [0.717, 1.165) is 11.5 Å². The van der Waals surface area contributed by atoms with E-state index in [1.165, 1.54) is 47.8 Å². The molecule has 2 aliphatic rings. The van der Waals surface area contributed by atoms with Crippen molar-refractivity contribution in [2.75, 3.05) is 26.2 Å². The van der Waals surface area contributed by atoms with E-state index in [4.69, 9.17) is 12.2 Å². The van der Waals surface area contributed by atoms with Crippen LogP contribution in [0, 0.1) is 11.7 Å². The molecule has 1 aliphatic heterocycles. The van der Waals surface area contributed by atoms with Gasteiger partial charge in [-0.25, -0.2) is 12.8 Å². The summed E-state index contributed by atoms with van der Waals surface area (Å²) < 4.78 is 39.8. The van der Waals surface area contributed by atoms with Gasteiger partial charge < -0.3 is 10.2 Å². The van der Waals surface area contributed by atoms with Crippen LogP contribution in [0.3, 0.4) is 0 Å². The number of thiocarbonyl (C=S) groups is 1. The SMILES string of the molecule is C[C@@H]1CCCC[C@@H]1NC(=S)N1CCN(S(=O)(=O)c2ccc(F)cc2)CC1. The highest BCUT2D eigenvalue weighted by atomic mass is 32.2. The summed E-state index contributed by atoms with van der Waals surface area (Å²) >= 11 is 5.55. The largest absolute Gasteiger partial charge is 0.360 e. The van der Waals surface area contributed by atoms with Gasteiger partial charge in [0.05, 0.1) is 4.90 Å². The Kier molecular flexibility index (Phi) is 6.14. The predicted molar refractivity (Wildman–Crippen MR) is 104 cm³/mol. The van der Waals surface area contributed by atoms with Gasteiger partial charge in [-0.1, -0.05) is 19.8 Å². The van der Waals surface area contributed by atoms with Crippen LogP contribution in [0.25, 0.3) is 0 Å². The molecule has 26 heavy (non-hydrogen) atoms. The number of nitrogens with zero attached hydrogens (tertiary/aromatic N) is 2. The number of halogens is 1. The third kappa shape index (κ3) is 4.35. The van der Waals surface area contributed by atoms with Crippen LogP contribution >= 0.6 is 12.2 Å². The molecule has 1 saturated heterocycles. The number of benzene rings is 1. The molecule has 144 valence electrons. The lowest BCUT2D eigenvalue weighted by molar-refractivity contribution is 0.251. The zero-order chi connectivity index (χ0) is 18.7. The Morgan fingerprint density at radius 2 is 1.73 bits per heavy atom. The molecule has 0 amide bonds. The summed E-state index contributed by atoms with van der Waals surface area (Å²) in [4.78, 5) is 2.18. The Bertz CT molecular complexity index is 731. The molecule has 1 aromatic carbocycles. The lowest BCUT2D eigenvalue weighted by Gasteiger charge is -2.38. The summed E-state index contributed by atoms with van der Waals surface area (Å²) in [5.74, 6) is 0.170. The molecule has 5 nitrogen and oxygen atoms in total. The number of hydrogen-bond donors (Lipinski definition) is 1. The first-order valence-corrected chi connectivity index (χ1v) is 11.0. The van der Waals surface area contributed by atoms with Crippen LogP contribution in [0.1, 0.15) is 32.6 Å². The molecule has 3 rings (SSSR count). The van der Waals surface area contributed by atoms with Crippen molar-refractivity contribution in [2.45, 2.75) is 43.5 Å². The summed E-state index contributed by atoms with van der Waals surface area (Å²) in [6, 6.07) is 5.39. The number of piperazine rings is 1. The van der Waals surface area contributed by atoms with Gasteiger partial charge in [-0.15, -0.1) is 0 Å². The van der Waals surface area contributed by atoms with Crippen molar-refractivity contribution in [1.82, 2.24) is 14.5 Å². The van der Waals surface area contributed by atoms with Gasteiger partial charge in [0.2, 0.25) is 10.0 Å². The monoisotopic (exact) mass is 399 g/mol. The van der Waals surface area contributed by atoms with Crippen molar-refractivity contribution in [3.63, 3.8) is 0 Å². The van der Waals surface area contributed by atoms with Crippen molar-refractivity contribution in [2.24, 2.45) is 5.92 Å². The van der Waals surface area contributed by atoms with E-state index >= 15 is 0 Å².